The van der Waals surface area contributed by atoms with E-state index in [1.54, 1.807) is 12.4 Å². The Morgan fingerprint density at radius 1 is 0.958 bits per heavy atom. The van der Waals surface area contributed by atoms with Crippen molar-refractivity contribution in [3.05, 3.63) is 30.1 Å². The largest absolute Gasteiger partial charge is 0.343 e. The van der Waals surface area contributed by atoms with Gasteiger partial charge in [0, 0.05) is 50.9 Å². The van der Waals surface area contributed by atoms with Crippen LogP contribution < -0.4 is 0 Å². The van der Waals surface area contributed by atoms with Crippen molar-refractivity contribution in [1.29, 1.82) is 0 Å². The van der Waals surface area contributed by atoms with Crippen LogP contribution in [-0.2, 0) is 16.0 Å². The van der Waals surface area contributed by atoms with E-state index in [-0.39, 0.29) is 11.8 Å². The molecule has 3 rings (SSSR count). The summed E-state index contributed by atoms with van der Waals surface area (Å²) in [5.41, 5.74) is 1.15. The topological polar surface area (TPSA) is 53.5 Å². The third-order valence-electron chi connectivity index (χ3n) is 5.24. The maximum Gasteiger partial charge on any atom is 0.225 e. The molecule has 0 saturated carbocycles. The Hall–Kier alpha value is -1.91. The van der Waals surface area contributed by atoms with Crippen LogP contribution in [0.4, 0.5) is 0 Å². The lowest BCUT2D eigenvalue weighted by Gasteiger charge is -2.35. The lowest BCUT2D eigenvalue weighted by molar-refractivity contribution is -0.141. The molecule has 1 aromatic heterocycles. The molecule has 2 aliphatic rings. The first kappa shape index (κ1) is 16.9. The summed E-state index contributed by atoms with van der Waals surface area (Å²) in [4.78, 5) is 32.9. The molecule has 2 fully saturated rings. The number of likely N-dealkylation sites (tertiary alicyclic amines) is 2. The van der Waals surface area contributed by atoms with Gasteiger partial charge in [0.2, 0.25) is 11.8 Å². The molecule has 5 nitrogen and oxygen atoms in total. The molecule has 3 heterocycles. The van der Waals surface area contributed by atoms with Crippen molar-refractivity contribution in [2.24, 2.45) is 5.92 Å². The van der Waals surface area contributed by atoms with E-state index in [2.05, 4.69) is 4.98 Å². The summed E-state index contributed by atoms with van der Waals surface area (Å²) in [5.74, 6) is 0.640. The minimum Gasteiger partial charge on any atom is -0.343 e. The number of piperidine rings is 2. The number of carbonyl (C=O) groups excluding carboxylic acids is 2. The minimum absolute atomic E-state index is 0.118. The number of carbonyl (C=O) groups is 2. The summed E-state index contributed by atoms with van der Waals surface area (Å²) < 4.78 is 0. The van der Waals surface area contributed by atoms with Gasteiger partial charge in [-0.25, -0.2) is 0 Å². The maximum atomic E-state index is 12.6. The van der Waals surface area contributed by atoms with Crippen molar-refractivity contribution >= 4 is 11.8 Å². The van der Waals surface area contributed by atoms with E-state index < -0.39 is 0 Å². The highest BCUT2D eigenvalue weighted by Gasteiger charge is 2.30. The standard InChI is InChI=1S/C19H27N3O2/c23-18(5-4-16-6-10-20-11-7-16)21-14-8-17(9-15-21)19(24)22-12-2-1-3-13-22/h6-7,10-11,17H,1-5,8-9,12-15H2. The number of hydrogen-bond donors (Lipinski definition) is 0. The first-order valence-electron chi connectivity index (χ1n) is 9.19. The van der Waals surface area contributed by atoms with Gasteiger partial charge in [-0.2, -0.15) is 0 Å². The number of hydrogen-bond acceptors (Lipinski definition) is 3. The van der Waals surface area contributed by atoms with Crippen molar-refractivity contribution < 1.29 is 9.59 Å². The molecule has 0 unspecified atom stereocenters. The number of aromatic nitrogens is 1. The fraction of sp³-hybridized carbons (Fsp3) is 0.632. The molecule has 0 bridgehead atoms. The van der Waals surface area contributed by atoms with Crippen LogP contribution in [0, 0.1) is 5.92 Å². The predicted molar refractivity (Wildman–Crippen MR) is 92.3 cm³/mol. The van der Waals surface area contributed by atoms with E-state index in [0.717, 1.165) is 63.8 Å². The second-order valence-electron chi connectivity index (χ2n) is 6.90. The Balaban J connectivity index is 1.42. The van der Waals surface area contributed by atoms with Gasteiger partial charge in [-0.15, -0.1) is 0 Å². The Bertz CT molecular complexity index is 547. The SMILES string of the molecule is O=C(CCc1ccncc1)N1CCC(C(=O)N2CCCCC2)CC1. The summed E-state index contributed by atoms with van der Waals surface area (Å²) in [5, 5.41) is 0. The summed E-state index contributed by atoms with van der Waals surface area (Å²) in [6.45, 7) is 3.28. The van der Waals surface area contributed by atoms with Crippen molar-refractivity contribution in [3.8, 4) is 0 Å². The molecule has 0 spiro atoms. The summed E-state index contributed by atoms with van der Waals surface area (Å²) >= 11 is 0. The van der Waals surface area contributed by atoms with Crippen molar-refractivity contribution in [2.45, 2.75) is 44.9 Å². The van der Waals surface area contributed by atoms with E-state index in [4.69, 9.17) is 0 Å². The van der Waals surface area contributed by atoms with Gasteiger partial charge in [-0.05, 0) is 56.2 Å². The molecular formula is C19H27N3O2. The van der Waals surface area contributed by atoms with Crippen LogP contribution in [0.15, 0.2) is 24.5 Å². The third kappa shape index (κ3) is 4.34. The molecule has 0 N–H and O–H groups in total. The minimum atomic E-state index is 0.118. The molecular weight excluding hydrogens is 302 g/mol. The van der Waals surface area contributed by atoms with E-state index in [9.17, 15) is 9.59 Å². The summed E-state index contributed by atoms with van der Waals surface area (Å²) in [6, 6.07) is 3.91. The van der Waals surface area contributed by atoms with Crippen LogP contribution in [0.2, 0.25) is 0 Å². The highest BCUT2D eigenvalue weighted by atomic mass is 16.2. The molecule has 0 radical (unpaired) electrons. The number of amides is 2. The molecule has 0 aromatic carbocycles. The summed E-state index contributed by atoms with van der Waals surface area (Å²) in [6.07, 6.45) is 9.97. The van der Waals surface area contributed by atoms with Crippen LogP contribution in [0.25, 0.3) is 0 Å². The first-order valence-corrected chi connectivity index (χ1v) is 9.19. The number of rotatable bonds is 4. The molecule has 2 amide bonds. The number of aryl methyl sites for hydroxylation is 1. The van der Waals surface area contributed by atoms with Gasteiger partial charge in [0.15, 0.2) is 0 Å². The van der Waals surface area contributed by atoms with Crippen LogP contribution in [0.3, 0.4) is 0 Å². The van der Waals surface area contributed by atoms with Gasteiger partial charge in [0.25, 0.3) is 0 Å². The quantitative estimate of drug-likeness (QED) is 0.851. The predicted octanol–water partition coefficient (Wildman–Crippen LogP) is 2.27. The average molecular weight is 329 g/mol. The van der Waals surface area contributed by atoms with Crippen LogP contribution in [0.5, 0.6) is 0 Å². The average Bonchev–Trinajstić information content (AvgIpc) is 2.67. The maximum absolute atomic E-state index is 12.6. The second-order valence-corrected chi connectivity index (χ2v) is 6.90. The van der Waals surface area contributed by atoms with E-state index >= 15 is 0 Å². The van der Waals surface area contributed by atoms with E-state index in [1.807, 2.05) is 21.9 Å². The molecule has 130 valence electrons. The number of pyridine rings is 1. The summed E-state index contributed by atoms with van der Waals surface area (Å²) in [7, 11) is 0. The molecule has 2 aliphatic heterocycles. The Kier molecular flexibility index (Phi) is 5.83. The highest BCUT2D eigenvalue weighted by Crippen LogP contribution is 2.22. The van der Waals surface area contributed by atoms with Gasteiger partial charge in [-0.1, -0.05) is 0 Å². The zero-order valence-corrected chi connectivity index (χ0v) is 14.3. The van der Waals surface area contributed by atoms with Gasteiger partial charge < -0.3 is 9.80 Å². The molecule has 0 aliphatic carbocycles. The smallest absolute Gasteiger partial charge is 0.225 e. The van der Waals surface area contributed by atoms with Gasteiger partial charge in [0.1, 0.15) is 0 Å². The molecule has 0 atom stereocenters. The van der Waals surface area contributed by atoms with Crippen LogP contribution >= 0.6 is 0 Å². The second kappa shape index (κ2) is 8.27. The van der Waals surface area contributed by atoms with Gasteiger partial charge in [-0.3, -0.25) is 14.6 Å². The lowest BCUT2D eigenvalue weighted by atomic mass is 9.94. The monoisotopic (exact) mass is 329 g/mol. The third-order valence-corrected chi connectivity index (χ3v) is 5.24. The van der Waals surface area contributed by atoms with Crippen molar-refractivity contribution in [2.75, 3.05) is 26.2 Å². The van der Waals surface area contributed by atoms with E-state index in [0.29, 0.717) is 12.3 Å². The molecule has 24 heavy (non-hydrogen) atoms. The van der Waals surface area contributed by atoms with Gasteiger partial charge >= 0.3 is 0 Å². The van der Waals surface area contributed by atoms with E-state index in [1.165, 1.54) is 6.42 Å². The zero-order valence-electron chi connectivity index (χ0n) is 14.3. The fourth-order valence-corrected chi connectivity index (χ4v) is 3.71. The first-order chi connectivity index (χ1) is 11.7. The normalized spacial score (nSPS) is 19.3. The molecule has 5 heteroatoms. The molecule has 2 saturated heterocycles. The van der Waals surface area contributed by atoms with Crippen LogP contribution in [-0.4, -0.2) is 52.8 Å². The Morgan fingerprint density at radius 3 is 2.29 bits per heavy atom. The van der Waals surface area contributed by atoms with Crippen molar-refractivity contribution in [3.63, 3.8) is 0 Å². The van der Waals surface area contributed by atoms with Gasteiger partial charge in [0.05, 0.1) is 0 Å². The number of nitrogens with zero attached hydrogens (tertiary/aromatic N) is 3. The lowest BCUT2D eigenvalue weighted by Crippen LogP contribution is -2.45. The van der Waals surface area contributed by atoms with Crippen molar-refractivity contribution in [1.82, 2.24) is 14.8 Å². The highest BCUT2D eigenvalue weighted by molar-refractivity contribution is 5.80. The Morgan fingerprint density at radius 2 is 1.62 bits per heavy atom. The molecule has 1 aromatic rings. The van der Waals surface area contributed by atoms with Crippen LogP contribution in [0.1, 0.15) is 44.1 Å². The fourth-order valence-electron chi connectivity index (χ4n) is 3.71. The Labute approximate surface area is 144 Å². The zero-order chi connectivity index (χ0) is 16.8.